The SMILES string of the molecule is CC(O)CCN(C)Cc1cn2ccccc2c1C#N. The van der Waals surface area contributed by atoms with E-state index >= 15 is 0 Å². The Kier molecular flexibility index (Phi) is 4.20. The lowest BCUT2D eigenvalue weighted by molar-refractivity contribution is 0.163. The van der Waals surface area contributed by atoms with E-state index in [2.05, 4.69) is 11.0 Å². The second-order valence-corrected chi connectivity index (χ2v) is 5.01. The molecule has 19 heavy (non-hydrogen) atoms. The van der Waals surface area contributed by atoms with Crippen LogP contribution in [0.1, 0.15) is 24.5 Å². The Hall–Kier alpha value is -1.83. The summed E-state index contributed by atoms with van der Waals surface area (Å²) in [5.41, 5.74) is 2.72. The summed E-state index contributed by atoms with van der Waals surface area (Å²) < 4.78 is 1.98. The first-order chi connectivity index (χ1) is 9.11. The maximum Gasteiger partial charge on any atom is 0.102 e. The van der Waals surface area contributed by atoms with Crippen molar-refractivity contribution in [1.82, 2.24) is 9.30 Å². The Bertz CT molecular complexity index is 595. The minimum absolute atomic E-state index is 0.286. The molecule has 0 aromatic carbocycles. The van der Waals surface area contributed by atoms with Crippen molar-refractivity contribution in [2.45, 2.75) is 26.0 Å². The van der Waals surface area contributed by atoms with E-state index in [-0.39, 0.29) is 6.10 Å². The van der Waals surface area contributed by atoms with Gasteiger partial charge >= 0.3 is 0 Å². The van der Waals surface area contributed by atoms with Crippen molar-refractivity contribution in [3.8, 4) is 6.07 Å². The van der Waals surface area contributed by atoms with Gasteiger partial charge in [0, 0.05) is 31.0 Å². The number of nitriles is 1. The highest BCUT2D eigenvalue weighted by Gasteiger charge is 2.12. The number of aliphatic hydroxyl groups excluding tert-OH is 1. The van der Waals surface area contributed by atoms with Gasteiger partial charge in [0.1, 0.15) is 6.07 Å². The summed E-state index contributed by atoms with van der Waals surface area (Å²) in [5.74, 6) is 0. The molecule has 0 aliphatic carbocycles. The Labute approximate surface area is 113 Å². The monoisotopic (exact) mass is 257 g/mol. The number of rotatable bonds is 5. The van der Waals surface area contributed by atoms with Gasteiger partial charge in [0.25, 0.3) is 0 Å². The minimum atomic E-state index is -0.286. The van der Waals surface area contributed by atoms with E-state index in [9.17, 15) is 10.4 Å². The predicted molar refractivity (Wildman–Crippen MR) is 74.7 cm³/mol. The molecule has 0 bridgehead atoms. The molecule has 0 fully saturated rings. The highest BCUT2D eigenvalue weighted by Crippen LogP contribution is 2.19. The summed E-state index contributed by atoms with van der Waals surface area (Å²) in [6.45, 7) is 3.33. The summed E-state index contributed by atoms with van der Waals surface area (Å²) in [5, 5.41) is 18.6. The molecule has 0 aliphatic rings. The zero-order valence-corrected chi connectivity index (χ0v) is 11.4. The lowest BCUT2D eigenvalue weighted by Crippen LogP contribution is -2.22. The normalized spacial score (nSPS) is 12.8. The van der Waals surface area contributed by atoms with Gasteiger partial charge in [-0.2, -0.15) is 5.26 Å². The quantitative estimate of drug-likeness (QED) is 0.891. The molecule has 2 rings (SSSR count). The molecule has 100 valence electrons. The fourth-order valence-corrected chi connectivity index (χ4v) is 2.20. The molecule has 1 unspecified atom stereocenters. The highest BCUT2D eigenvalue weighted by molar-refractivity contribution is 5.65. The van der Waals surface area contributed by atoms with Gasteiger partial charge in [-0.05, 0) is 32.5 Å². The van der Waals surface area contributed by atoms with Crippen molar-refractivity contribution >= 4 is 5.52 Å². The molecule has 2 aromatic rings. The van der Waals surface area contributed by atoms with Crippen molar-refractivity contribution in [1.29, 1.82) is 5.26 Å². The number of aromatic nitrogens is 1. The maximum absolute atomic E-state index is 9.31. The summed E-state index contributed by atoms with van der Waals surface area (Å²) in [4.78, 5) is 2.13. The third-order valence-corrected chi connectivity index (χ3v) is 3.24. The van der Waals surface area contributed by atoms with Gasteiger partial charge in [-0.3, -0.25) is 0 Å². The smallest absolute Gasteiger partial charge is 0.102 e. The Balaban J connectivity index is 2.18. The van der Waals surface area contributed by atoms with Crippen molar-refractivity contribution in [2.24, 2.45) is 0 Å². The number of fused-ring (bicyclic) bond motifs is 1. The second kappa shape index (κ2) is 5.87. The van der Waals surface area contributed by atoms with Crippen LogP contribution in [0.5, 0.6) is 0 Å². The van der Waals surface area contributed by atoms with Crippen LogP contribution < -0.4 is 0 Å². The van der Waals surface area contributed by atoms with Crippen LogP contribution in [0, 0.1) is 11.3 Å². The fourth-order valence-electron chi connectivity index (χ4n) is 2.20. The second-order valence-electron chi connectivity index (χ2n) is 5.01. The average Bonchev–Trinajstić information content (AvgIpc) is 2.73. The summed E-state index contributed by atoms with van der Waals surface area (Å²) in [7, 11) is 2.01. The minimum Gasteiger partial charge on any atom is -0.393 e. The molecular formula is C15H19N3O. The first kappa shape index (κ1) is 13.6. The zero-order chi connectivity index (χ0) is 13.8. The van der Waals surface area contributed by atoms with Crippen LogP contribution >= 0.6 is 0 Å². The Morgan fingerprint density at radius 1 is 1.47 bits per heavy atom. The Morgan fingerprint density at radius 3 is 2.95 bits per heavy atom. The van der Waals surface area contributed by atoms with Crippen molar-refractivity contribution in [3.05, 3.63) is 41.7 Å². The molecule has 0 saturated carbocycles. The van der Waals surface area contributed by atoms with Gasteiger partial charge < -0.3 is 14.4 Å². The number of nitrogens with zero attached hydrogens (tertiary/aromatic N) is 3. The van der Waals surface area contributed by atoms with Crippen LogP contribution in [0.4, 0.5) is 0 Å². The van der Waals surface area contributed by atoms with Crippen LogP contribution in [0.15, 0.2) is 30.6 Å². The van der Waals surface area contributed by atoms with E-state index in [4.69, 9.17) is 0 Å². The van der Waals surface area contributed by atoms with Gasteiger partial charge in [-0.1, -0.05) is 6.07 Å². The topological polar surface area (TPSA) is 51.7 Å². The van der Waals surface area contributed by atoms with Crippen molar-refractivity contribution in [2.75, 3.05) is 13.6 Å². The lowest BCUT2D eigenvalue weighted by atomic mass is 10.1. The summed E-state index contributed by atoms with van der Waals surface area (Å²) in [6, 6.07) is 8.14. The first-order valence-electron chi connectivity index (χ1n) is 6.47. The molecule has 0 aliphatic heterocycles. The zero-order valence-electron chi connectivity index (χ0n) is 11.4. The van der Waals surface area contributed by atoms with E-state index in [1.165, 1.54) is 0 Å². The van der Waals surface area contributed by atoms with E-state index in [1.807, 2.05) is 42.0 Å². The van der Waals surface area contributed by atoms with Gasteiger partial charge in [0.15, 0.2) is 0 Å². The molecule has 0 radical (unpaired) electrons. The molecule has 1 N–H and O–H groups in total. The van der Waals surface area contributed by atoms with Crippen LogP contribution in [0.25, 0.3) is 5.52 Å². The third-order valence-electron chi connectivity index (χ3n) is 3.24. The van der Waals surface area contributed by atoms with Gasteiger partial charge in [0.2, 0.25) is 0 Å². The van der Waals surface area contributed by atoms with Gasteiger partial charge in [0.05, 0.1) is 17.2 Å². The number of hydrogen-bond acceptors (Lipinski definition) is 3. The van der Waals surface area contributed by atoms with E-state index in [0.29, 0.717) is 0 Å². The maximum atomic E-state index is 9.31. The number of hydrogen-bond donors (Lipinski definition) is 1. The van der Waals surface area contributed by atoms with E-state index < -0.39 is 0 Å². The fraction of sp³-hybridized carbons (Fsp3) is 0.400. The molecule has 4 nitrogen and oxygen atoms in total. The molecule has 0 spiro atoms. The largest absolute Gasteiger partial charge is 0.393 e. The highest BCUT2D eigenvalue weighted by atomic mass is 16.3. The number of pyridine rings is 1. The first-order valence-corrected chi connectivity index (χ1v) is 6.47. The molecule has 1 atom stereocenters. The van der Waals surface area contributed by atoms with Gasteiger partial charge in [-0.25, -0.2) is 0 Å². The lowest BCUT2D eigenvalue weighted by Gasteiger charge is -2.16. The summed E-state index contributed by atoms with van der Waals surface area (Å²) >= 11 is 0. The number of aliphatic hydroxyl groups is 1. The third kappa shape index (κ3) is 3.14. The standard InChI is InChI=1S/C15H19N3O/c1-12(19)6-8-17(2)10-13-11-18-7-4-3-5-15(18)14(13)9-16/h3-5,7,11-12,19H,6,8,10H2,1-2H3. The van der Waals surface area contributed by atoms with Crippen LogP contribution in [-0.4, -0.2) is 34.1 Å². The van der Waals surface area contributed by atoms with Crippen LogP contribution in [0.3, 0.4) is 0 Å². The molecule has 0 saturated heterocycles. The van der Waals surface area contributed by atoms with Gasteiger partial charge in [-0.15, -0.1) is 0 Å². The van der Waals surface area contributed by atoms with Crippen LogP contribution in [-0.2, 0) is 6.54 Å². The van der Waals surface area contributed by atoms with Crippen molar-refractivity contribution < 1.29 is 5.11 Å². The van der Waals surface area contributed by atoms with Crippen LogP contribution in [0.2, 0.25) is 0 Å². The predicted octanol–water partition coefficient (Wildman–Crippen LogP) is 2.01. The molecule has 2 heterocycles. The summed E-state index contributed by atoms with van der Waals surface area (Å²) in [6.07, 6.45) is 4.42. The Morgan fingerprint density at radius 2 is 2.26 bits per heavy atom. The van der Waals surface area contributed by atoms with Crippen molar-refractivity contribution in [3.63, 3.8) is 0 Å². The molecule has 2 aromatic heterocycles. The molecular weight excluding hydrogens is 238 g/mol. The molecule has 4 heteroatoms. The molecule has 0 amide bonds. The van der Waals surface area contributed by atoms with E-state index in [1.54, 1.807) is 6.92 Å². The van der Waals surface area contributed by atoms with E-state index in [0.717, 1.165) is 36.2 Å². The average molecular weight is 257 g/mol.